The first-order chi connectivity index (χ1) is 8.29. The number of nitrogens with one attached hydrogen (secondary N) is 1. The van der Waals surface area contributed by atoms with Crippen LogP contribution in [-0.4, -0.2) is 36.8 Å². The third kappa shape index (κ3) is 6.80. The van der Waals surface area contributed by atoms with Gasteiger partial charge in [0.05, 0.1) is 6.61 Å². The van der Waals surface area contributed by atoms with Gasteiger partial charge in [0.15, 0.2) is 0 Å². The van der Waals surface area contributed by atoms with Crippen molar-refractivity contribution in [2.75, 3.05) is 13.2 Å². The highest BCUT2D eigenvalue weighted by molar-refractivity contribution is 8.93. The number of hydrogen-bond donors (Lipinski definition) is 1. The third-order valence-electron chi connectivity index (χ3n) is 2.42. The summed E-state index contributed by atoms with van der Waals surface area (Å²) in [5, 5.41) is 2.83. The quantitative estimate of drug-likeness (QED) is 0.861. The first kappa shape index (κ1) is 18.2. The Morgan fingerprint density at radius 2 is 2.05 bits per heavy atom. The third-order valence-corrected chi connectivity index (χ3v) is 2.42. The molecule has 0 saturated heterocycles. The lowest BCUT2D eigenvalue weighted by molar-refractivity contribution is 0.0500. The van der Waals surface area contributed by atoms with Gasteiger partial charge in [-0.25, -0.2) is 4.79 Å². The Bertz CT molecular complexity index is 324. The zero-order chi connectivity index (χ0) is 13.8. The SMILES string of the molecule is Br.CC(C)[C@H](NC(=O)OC(C)(C)C)C1=NCCCO1. The average molecular weight is 337 g/mol. The number of halogens is 1. The summed E-state index contributed by atoms with van der Waals surface area (Å²) in [7, 11) is 0. The summed E-state index contributed by atoms with van der Waals surface area (Å²) in [6.45, 7) is 11.0. The van der Waals surface area contributed by atoms with Crippen LogP contribution in [0.15, 0.2) is 4.99 Å². The van der Waals surface area contributed by atoms with E-state index in [1.165, 1.54) is 0 Å². The van der Waals surface area contributed by atoms with E-state index in [9.17, 15) is 4.79 Å². The van der Waals surface area contributed by atoms with Gasteiger partial charge in [-0.2, -0.15) is 0 Å². The van der Waals surface area contributed by atoms with Gasteiger partial charge < -0.3 is 14.8 Å². The molecule has 0 spiro atoms. The van der Waals surface area contributed by atoms with Gasteiger partial charge in [-0.3, -0.25) is 4.99 Å². The van der Waals surface area contributed by atoms with Gasteiger partial charge in [-0.15, -0.1) is 17.0 Å². The van der Waals surface area contributed by atoms with Crippen molar-refractivity contribution in [3.63, 3.8) is 0 Å². The molecule has 0 radical (unpaired) electrons. The molecule has 0 aromatic rings. The summed E-state index contributed by atoms with van der Waals surface area (Å²) in [5.74, 6) is 0.816. The van der Waals surface area contributed by atoms with E-state index < -0.39 is 11.7 Å². The Balaban J connectivity index is 0.00000324. The van der Waals surface area contributed by atoms with Crippen LogP contribution in [0.5, 0.6) is 0 Å². The number of alkyl carbamates (subject to hydrolysis) is 1. The molecule has 0 aromatic carbocycles. The number of nitrogens with zero attached hydrogens (tertiary/aromatic N) is 1. The molecule has 0 saturated carbocycles. The molecule has 1 rings (SSSR count). The normalized spacial score (nSPS) is 16.8. The van der Waals surface area contributed by atoms with Gasteiger partial charge in [0.25, 0.3) is 0 Å². The first-order valence-electron chi connectivity index (χ1n) is 6.46. The molecule has 0 aromatic heterocycles. The number of ether oxygens (including phenoxy) is 2. The Hall–Kier alpha value is -0.780. The fourth-order valence-electron chi connectivity index (χ4n) is 1.61. The lowest BCUT2D eigenvalue weighted by atomic mass is 10.0. The lowest BCUT2D eigenvalue weighted by Gasteiger charge is -2.27. The fourth-order valence-corrected chi connectivity index (χ4v) is 1.61. The molecule has 1 heterocycles. The van der Waals surface area contributed by atoms with E-state index in [4.69, 9.17) is 9.47 Å². The van der Waals surface area contributed by atoms with Crippen molar-refractivity contribution < 1.29 is 14.3 Å². The predicted molar refractivity (Wildman–Crippen MR) is 81.2 cm³/mol. The summed E-state index contributed by atoms with van der Waals surface area (Å²) >= 11 is 0. The zero-order valence-corrected chi connectivity index (χ0v) is 14.1. The van der Waals surface area contributed by atoms with E-state index >= 15 is 0 Å². The highest BCUT2D eigenvalue weighted by atomic mass is 79.9. The topological polar surface area (TPSA) is 59.9 Å². The Morgan fingerprint density at radius 1 is 1.42 bits per heavy atom. The second kappa shape index (κ2) is 7.72. The number of hydrogen-bond acceptors (Lipinski definition) is 4. The number of carbonyl (C=O) groups is 1. The largest absolute Gasteiger partial charge is 0.479 e. The molecule has 1 amide bonds. The molecular formula is C13H25BrN2O3. The molecule has 5 nitrogen and oxygen atoms in total. The number of rotatable bonds is 3. The molecule has 0 unspecified atom stereocenters. The molecule has 1 atom stereocenters. The van der Waals surface area contributed by atoms with Gasteiger partial charge in [-0.1, -0.05) is 13.8 Å². The van der Waals surface area contributed by atoms with Crippen LogP contribution in [0.4, 0.5) is 4.79 Å². The maximum atomic E-state index is 11.8. The fraction of sp³-hybridized carbons (Fsp3) is 0.846. The van der Waals surface area contributed by atoms with E-state index in [-0.39, 0.29) is 28.9 Å². The molecule has 0 fully saturated rings. The van der Waals surface area contributed by atoms with Gasteiger partial charge >= 0.3 is 6.09 Å². The van der Waals surface area contributed by atoms with Crippen LogP contribution < -0.4 is 5.32 Å². The van der Waals surface area contributed by atoms with Crippen LogP contribution >= 0.6 is 17.0 Å². The molecule has 0 bridgehead atoms. The van der Waals surface area contributed by atoms with Crippen LogP contribution in [-0.2, 0) is 9.47 Å². The van der Waals surface area contributed by atoms with Crippen molar-refractivity contribution in [3.8, 4) is 0 Å². The van der Waals surface area contributed by atoms with Crippen molar-refractivity contribution >= 4 is 29.0 Å². The van der Waals surface area contributed by atoms with Crippen LogP contribution in [0.25, 0.3) is 0 Å². The predicted octanol–water partition coefficient (Wildman–Crippen LogP) is 2.93. The number of amides is 1. The maximum Gasteiger partial charge on any atom is 0.408 e. The Morgan fingerprint density at radius 3 is 2.47 bits per heavy atom. The molecule has 19 heavy (non-hydrogen) atoms. The molecule has 112 valence electrons. The summed E-state index contributed by atoms with van der Waals surface area (Å²) < 4.78 is 10.8. The van der Waals surface area contributed by atoms with E-state index in [0.717, 1.165) is 13.0 Å². The lowest BCUT2D eigenvalue weighted by Crippen LogP contribution is -2.48. The van der Waals surface area contributed by atoms with Crippen LogP contribution in [0.3, 0.4) is 0 Å². The highest BCUT2D eigenvalue weighted by Crippen LogP contribution is 2.12. The average Bonchev–Trinajstić information content (AvgIpc) is 2.24. The summed E-state index contributed by atoms with van der Waals surface area (Å²) in [4.78, 5) is 16.1. The molecule has 1 N–H and O–H groups in total. The van der Waals surface area contributed by atoms with E-state index in [0.29, 0.717) is 12.5 Å². The summed E-state index contributed by atoms with van der Waals surface area (Å²) in [6, 6.07) is -0.222. The smallest absolute Gasteiger partial charge is 0.408 e. The van der Waals surface area contributed by atoms with Crippen LogP contribution in [0.1, 0.15) is 41.0 Å². The van der Waals surface area contributed by atoms with Crippen molar-refractivity contribution in [1.29, 1.82) is 0 Å². The minimum atomic E-state index is -0.499. The maximum absolute atomic E-state index is 11.8. The molecule has 1 aliphatic heterocycles. The molecule has 6 heteroatoms. The van der Waals surface area contributed by atoms with E-state index in [2.05, 4.69) is 10.3 Å². The van der Waals surface area contributed by atoms with Gasteiger partial charge in [0.1, 0.15) is 11.6 Å². The van der Waals surface area contributed by atoms with Crippen LogP contribution in [0.2, 0.25) is 0 Å². The molecule has 0 aliphatic carbocycles. The van der Waals surface area contributed by atoms with Crippen molar-refractivity contribution in [3.05, 3.63) is 0 Å². The Labute approximate surface area is 125 Å². The number of aliphatic imine (C=N–C) groups is 1. The standard InChI is InChI=1S/C13H24N2O3.BrH/c1-9(2)10(11-14-7-6-8-17-11)15-12(16)18-13(3,4)5;/h9-10H,6-8H2,1-5H3,(H,15,16);1H/t10-;/m0./s1. The first-order valence-corrected chi connectivity index (χ1v) is 6.46. The van der Waals surface area contributed by atoms with Gasteiger partial charge in [0.2, 0.25) is 5.90 Å². The molecule has 1 aliphatic rings. The minimum Gasteiger partial charge on any atom is -0.479 e. The van der Waals surface area contributed by atoms with Gasteiger partial charge in [-0.05, 0) is 26.7 Å². The summed E-state index contributed by atoms with van der Waals surface area (Å²) in [6.07, 6.45) is 0.499. The zero-order valence-electron chi connectivity index (χ0n) is 12.4. The van der Waals surface area contributed by atoms with Crippen LogP contribution in [0, 0.1) is 5.92 Å². The number of carbonyl (C=O) groups excluding carboxylic acids is 1. The second-order valence-corrected chi connectivity index (χ2v) is 5.79. The monoisotopic (exact) mass is 336 g/mol. The van der Waals surface area contributed by atoms with E-state index in [1.54, 1.807) is 0 Å². The summed E-state index contributed by atoms with van der Waals surface area (Å²) in [5.41, 5.74) is -0.499. The molecular weight excluding hydrogens is 312 g/mol. The van der Waals surface area contributed by atoms with Crippen molar-refractivity contribution in [2.24, 2.45) is 10.9 Å². The van der Waals surface area contributed by atoms with E-state index in [1.807, 2.05) is 34.6 Å². The second-order valence-electron chi connectivity index (χ2n) is 5.79. The Kier molecular flexibility index (Phi) is 7.41. The minimum absolute atomic E-state index is 0. The highest BCUT2D eigenvalue weighted by Gasteiger charge is 2.27. The van der Waals surface area contributed by atoms with Crippen molar-refractivity contribution in [2.45, 2.75) is 52.7 Å². The van der Waals surface area contributed by atoms with Gasteiger partial charge in [0, 0.05) is 13.0 Å². The van der Waals surface area contributed by atoms with Crippen molar-refractivity contribution in [1.82, 2.24) is 5.32 Å².